The van der Waals surface area contributed by atoms with Crippen LogP contribution in [0.2, 0.25) is 0 Å². The van der Waals surface area contributed by atoms with E-state index >= 15 is 0 Å². The van der Waals surface area contributed by atoms with Gasteiger partial charge in [0.2, 0.25) is 0 Å². The van der Waals surface area contributed by atoms with Crippen LogP contribution in [-0.2, 0) is 0 Å². The molecule has 0 spiro atoms. The molecule has 0 saturated heterocycles. The summed E-state index contributed by atoms with van der Waals surface area (Å²) in [4.78, 5) is 0. The molecule has 82 valence electrons. The predicted octanol–water partition coefficient (Wildman–Crippen LogP) is 2.40. The summed E-state index contributed by atoms with van der Waals surface area (Å²) >= 11 is 0. The maximum Gasteiger partial charge on any atom is 0.120 e. The maximum atomic E-state index is 7.17. The zero-order chi connectivity index (χ0) is 11.4. The van der Waals surface area contributed by atoms with Crippen molar-refractivity contribution >= 4 is 5.84 Å². The van der Waals surface area contributed by atoms with Crippen molar-refractivity contribution in [1.29, 1.82) is 5.41 Å². The van der Waals surface area contributed by atoms with Crippen molar-refractivity contribution in [2.75, 3.05) is 0 Å². The van der Waals surface area contributed by atoms with Gasteiger partial charge in [0.25, 0.3) is 0 Å². The van der Waals surface area contributed by atoms with Crippen LogP contribution in [0.5, 0.6) is 5.75 Å². The van der Waals surface area contributed by atoms with Gasteiger partial charge in [-0.3, -0.25) is 5.41 Å². The number of nitrogens with one attached hydrogen (secondary N) is 1. The molecule has 0 aliphatic heterocycles. The summed E-state index contributed by atoms with van der Waals surface area (Å²) < 4.78 is 5.67. The minimum Gasteiger partial charge on any atom is -0.490 e. The first-order valence-electron chi connectivity index (χ1n) is 5.05. The Hall–Kier alpha value is -1.51. The van der Waals surface area contributed by atoms with Crippen molar-refractivity contribution < 1.29 is 4.74 Å². The fourth-order valence-corrected chi connectivity index (χ4v) is 1.58. The van der Waals surface area contributed by atoms with Gasteiger partial charge in [-0.05, 0) is 44.0 Å². The lowest BCUT2D eigenvalue weighted by atomic mass is 10.1. The van der Waals surface area contributed by atoms with E-state index in [4.69, 9.17) is 15.9 Å². The summed E-state index contributed by atoms with van der Waals surface area (Å²) in [6.07, 6.45) is 0.413. The molecule has 3 N–H and O–H groups in total. The molecule has 0 saturated carbocycles. The number of hydrogen-bond acceptors (Lipinski definition) is 2. The Bertz CT molecular complexity index is 340. The van der Waals surface area contributed by atoms with Crippen LogP contribution in [0.1, 0.15) is 24.5 Å². The van der Waals surface area contributed by atoms with Crippen LogP contribution in [0.15, 0.2) is 18.2 Å². The Morgan fingerprint density at radius 1 is 1.33 bits per heavy atom. The lowest BCUT2D eigenvalue weighted by Crippen LogP contribution is -2.21. The number of ether oxygens (including phenoxy) is 1. The molecule has 0 aliphatic rings. The number of rotatable bonds is 4. The first kappa shape index (κ1) is 11.6. The van der Waals surface area contributed by atoms with Gasteiger partial charge in [0.05, 0.1) is 5.84 Å². The molecule has 0 amide bonds. The highest BCUT2D eigenvalue weighted by Crippen LogP contribution is 2.18. The molecule has 0 heterocycles. The first-order valence-corrected chi connectivity index (χ1v) is 5.05. The molecule has 0 fully saturated rings. The van der Waals surface area contributed by atoms with E-state index in [2.05, 4.69) is 6.07 Å². The molecule has 0 radical (unpaired) electrons. The molecular weight excluding hydrogens is 188 g/mol. The molecule has 3 nitrogen and oxygen atoms in total. The molecular formula is C12H18N2O. The number of amidine groups is 1. The second-order valence-electron chi connectivity index (χ2n) is 3.98. The highest BCUT2D eigenvalue weighted by Gasteiger charge is 2.06. The van der Waals surface area contributed by atoms with E-state index in [1.54, 1.807) is 0 Å². The van der Waals surface area contributed by atoms with Crippen molar-refractivity contribution in [3.63, 3.8) is 0 Å². The third-order valence-corrected chi connectivity index (χ3v) is 2.04. The van der Waals surface area contributed by atoms with E-state index in [9.17, 15) is 0 Å². The molecule has 15 heavy (non-hydrogen) atoms. The Balaban J connectivity index is 2.67. The van der Waals surface area contributed by atoms with E-state index in [0.717, 1.165) is 5.75 Å². The molecule has 1 aromatic rings. The smallest absolute Gasteiger partial charge is 0.120 e. The Morgan fingerprint density at radius 3 is 2.33 bits per heavy atom. The van der Waals surface area contributed by atoms with Gasteiger partial charge in [-0.15, -0.1) is 0 Å². The van der Waals surface area contributed by atoms with Crippen molar-refractivity contribution in [2.24, 2.45) is 5.73 Å². The van der Waals surface area contributed by atoms with Gasteiger partial charge in [-0.25, -0.2) is 0 Å². The van der Waals surface area contributed by atoms with E-state index in [1.807, 2.05) is 32.9 Å². The zero-order valence-corrected chi connectivity index (χ0v) is 9.50. The van der Waals surface area contributed by atoms with Gasteiger partial charge < -0.3 is 10.5 Å². The molecule has 1 unspecified atom stereocenters. The van der Waals surface area contributed by atoms with E-state index in [1.165, 1.54) is 11.1 Å². The number of aryl methyl sites for hydroxylation is 2. The Labute approximate surface area is 90.8 Å². The normalized spacial score (nSPS) is 12.2. The average molecular weight is 206 g/mol. The van der Waals surface area contributed by atoms with Gasteiger partial charge >= 0.3 is 0 Å². The van der Waals surface area contributed by atoms with Gasteiger partial charge in [0.1, 0.15) is 11.9 Å². The summed E-state index contributed by atoms with van der Waals surface area (Å²) in [6, 6.07) is 6.08. The van der Waals surface area contributed by atoms with Crippen LogP contribution >= 0.6 is 0 Å². The van der Waals surface area contributed by atoms with Crippen LogP contribution in [0, 0.1) is 19.3 Å². The number of benzene rings is 1. The van der Waals surface area contributed by atoms with Crippen molar-refractivity contribution in [3.05, 3.63) is 29.3 Å². The first-order chi connectivity index (χ1) is 6.97. The minimum atomic E-state index is -0.0521. The molecule has 0 aliphatic carbocycles. The number of nitrogens with two attached hydrogens (primary N) is 1. The third-order valence-electron chi connectivity index (χ3n) is 2.04. The van der Waals surface area contributed by atoms with Crippen molar-refractivity contribution in [2.45, 2.75) is 33.3 Å². The second kappa shape index (κ2) is 4.82. The average Bonchev–Trinajstić information content (AvgIpc) is 1.98. The lowest BCUT2D eigenvalue weighted by Gasteiger charge is -2.14. The van der Waals surface area contributed by atoms with E-state index < -0.39 is 0 Å². The van der Waals surface area contributed by atoms with Crippen LogP contribution in [-0.4, -0.2) is 11.9 Å². The van der Waals surface area contributed by atoms with Crippen molar-refractivity contribution in [3.8, 4) is 5.75 Å². The van der Waals surface area contributed by atoms with E-state index in [-0.39, 0.29) is 11.9 Å². The predicted molar refractivity (Wildman–Crippen MR) is 62.5 cm³/mol. The van der Waals surface area contributed by atoms with Gasteiger partial charge in [0, 0.05) is 6.42 Å². The second-order valence-corrected chi connectivity index (χ2v) is 3.98. The fraction of sp³-hybridized carbons (Fsp3) is 0.417. The summed E-state index contributed by atoms with van der Waals surface area (Å²) in [5.41, 5.74) is 7.67. The molecule has 0 aromatic heterocycles. The Kier molecular flexibility index (Phi) is 3.72. The quantitative estimate of drug-likeness (QED) is 0.587. The topological polar surface area (TPSA) is 59.1 Å². The van der Waals surface area contributed by atoms with Crippen LogP contribution in [0.4, 0.5) is 0 Å². The SMILES string of the molecule is Cc1cc(C)cc(OC(C)CC(=N)N)c1. The highest BCUT2D eigenvalue weighted by molar-refractivity contribution is 5.77. The third kappa shape index (κ3) is 4.02. The monoisotopic (exact) mass is 206 g/mol. The van der Waals surface area contributed by atoms with Gasteiger partial charge in [-0.1, -0.05) is 6.07 Å². The molecule has 3 heteroatoms. The van der Waals surface area contributed by atoms with Crippen LogP contribution in [0.25, 0.3) is 0 Å². The summed E-state index contributed by atoms with van der Waals surface area (Å²) in [6.45, 7) is 5.99. The molecule has 1 rings (SSSR count). The summed E-state index contributed by atoms with van der Waals surface area (Å²) in [5, 5.41) is 7.17. The largest absolute Gasteiger partial charge is 0.490 e. The summed E-state index contributed by atoms with van der Waals surface area (Å²) in [5.74, 6) is 1.01. The van der Waals surface area contributed by atoms with E-state index in [0.29, 0.717) is 6.42 Å². The lowest BCUT2D eigenvalue weighted by molar-refractivity contribution is 0.229. The zero-order valence-electron chi connectivity index (χ0n) is 9.50. The standard InChI is InChI=1S/C12H18N2O/c1-8-4-9(2)6-11(5-8)15-10(3)7-12(13)14/h4-6,10H,7H2,1-3H3,(H3,13,14). The van der Waals surface area contributed by atoms with Gasteiger partial charge in [0.15, 0.2) is 0 Å². The molecule has 0 bridgehead atoms. The minimum absolute atomic E-state index is 0.0521. The van der Waals surface area contributed by atoms with Crippen LogP contribution < -0.4 is 10.5 Å². The highest BCUT2D eigenvalue weighted by atomic mass is 16.5. The number of hydrogen-bond donors (Lipinski definition) is 2. The van der Waals surface area contributed by atoms with Crippen LogP contribution in [0.3, 0.4) is 0 Å². The maximum absolute atomic E-state index is 7.17. The van der Waals surface area contributed by atoms with Gasteiger partial charge in [-0.2, -0.15) is 0 Å². The van der Waals surface area contributed by atoms with Crippen molar-refractivity contribution in [1.82, 2.24) is 0 Å². The molecule has 1 atom stereocenters. The fourth-order valence-electron chi connectivity index (χ4n) is 1.58. The Morgan fingerprint density at radius 2 is 1.87 bits per heavy atom. The summed E-state index contributed by atoms with van der Waals surface area (Å²) in [7, 11) is 0. The molecule has 1 aromatic carbocycles.